The number of hydrogen-bond donors (Lipinski definition) is 2. The summed E-state index contributed by atoms with van der Waals surface area (Å²) in [5, 5.41) is 21.3. The van der Waals surface area contributed by atoms with Gasteiger partial charge >= 0.3 is 23.9 Å². The number of esters is 4. The van der Waals surface area contributed by atoms with E-state index in [9.17, 15) is 29.4 Å². The molecule has 0 aromatic heterocycles. The van der Waals surface area contributed by atoms with Crippen LogP contribution in [0.1, 0.15) is 210 Å². The lowest BCUT2D eigenvalue weighted by Gasteiger charge is -2.62. The Labute approximate surface area is 384 Å². The van der Waals surface area contributed by atoms with E-state index in [2.05, 4.69) is 13.8 Å². The normalized spacial score (nSPS) is 40.1. The number of carbonyl (C=O) groups is 4. The minimum absolute atomic E-state index is 0. The molecule has 3 aliphatic heterocycles. The molecule has 0 aromatic carbocycles. The molecule has 11 fully saturated rings. The van der Waals surface area contributed by atoms with Crippen molar-refractivity contribution in [1.29, 1.82) is 0 Å². The molecule has 11 heteroatoms. The van der Waals surface area contributed by atoms with Crippen molar-refractivity contribution in [3.63, 3.8) is 0 Å². The van der Waals surface area contributed by atoms with E-state index in [1.54, 1.807) is 0 Å². The maximum Gasteiger partial charge on any atom is 0.312 e. The van der Waals surface area contributed by atoms with E-state index in [1.165, 1.54) is 32.1 Å². The summed E-state index contributed by atoms with van der Waals surface area (Å²) in [5.74, 6) is 2.55. The second-order valence-electron chi connectivity index (χ2n) is 21.6. The van der Waals surface area contributed by atoms with Crippen molar-refractivity contribution in [2.75, 3.05) is 0 Å². The largest absolute Gasteiger partial charge is 0.458 e. The van der Waals surface area contributed by atoms with Crippen LogP contribution in [0, 0.1) is 52.3 Å². The number of carbonyl (C=O) groups excluding carboxylic acids is 4. The number of fused-ring (bicyclic) bond motifs is 1. The highest BCUT2D eigenvalue weighted by Gasteiger charge is 2.66. The van der Waals surface area contributed by atoms with Gasteiger partial charge in [-0.05, 0) is 141 Å². The van der Waals surface area contributed by atoms with Gasteiger partial charge in [-0.2, -0.15) is 0 Å². The van der Waals surface area contributed by atoms with Gasteiger partial charge in [0.1, 0.15) is 17.3 Å². The summed E-state index contributed by atoms with van der Waals surface area (Å²) < 4.78 is 28.5. The molecule has 0 spiro atoms. The van der Waals surface area contributed by atoms with Crippen LogP contribution < -0.4 is 0 Å². The van der Waals surface area contributed by atoms with Crippen molar-refractivity contribution in [3.8, 4) is 0 Å². The Morgan fingerprint density at radius 3 is 1.63 bits per heavy atom. The van der Waals surface area contributed by atoms with Gasteiger partial charge < -0.3 is 33.9 Å². The maximum atomic E-state index is 12.6. The molecule has 2 N–H and O–H groups in total. The summed E-state index contributed by atoms with van der Waals surface area (Å²) in [6, 6.07) is 0. The predicted molar refractivity (Wildman–Crippen MR) is 251 cm³/mol. The van der Waals surface area contributed by atoms with Gasteiger partial charge in [-0.1, -0.05) is 79.2 Å². The van der Waals surface area contributed by atoms with Crippen LogP contribution in [0.25, 0.3) is 0 Å². The average Bonchev–Trinajstić information content (AvgIpc) is 3.77. The minimum atomic E-state index is -0.842. The number of ether oxygens (including phenoxy) is 5. The van der Waals surface area contributed by atoms with Gasteiger partial charge in [0, 0.05) is 19.3 Å². The molecule has 0 radical (unpaired) electrons. The molecule has 0 amide bonds. The highest BCUT2D eigenvalue weighted by atomic mass is 16.7. The van der Waals surface area contributed by atoms with E-state index in [0.717, 1.165) is 56.8 Å². The van der Waals surface area contributed by atoms with Crippen LogP contribution in [-0.4, -0.2) is 80.9 Å². The quantitative estimate of drug-likeness (QED) is 0.159. The van der Waals surface area contributed by atoms with Crippen LogP contribution in [-0.2, 0) is 42.9 Å². The van der Waals surface area contributed by atoms with Gasteiger partial charge in [0.25, 0.3) is 0 Å². The third-order valence-corrected chi connectivity index (χ3v) is 16.5. The summed E-state index contributed by atoms with van der Waals surface area (Å²) in [5.41, 5.74) is -3.30. The fraction of sp³-hybridized carbons (Fsp3) is 0.923. The summed E-state index contributed by atoms with van der Waals surface area (Å²) in [6.45, 7) is 17.9. The van der Waals surface area contributed by atoms with Gasteiger partial charge in [0.05, 0.1) is 40.0 Å². The highest BCUT2D eigenvalue weighted by Crippen LogP contribution is 2.62. The van der Waals surface area contributed by atoms with Crippen LogP contribution in [0.2, 0.25) is 0 Å². The van der Waals surface area contributed by atoms with Crippen LogP contribution in [0.15, 0.2) is 0 Å². The number of hydrogen-bond acceptors (Lipinski definition) is 11. The lowest BCUT2D eigenvalue weighted by molar-refractivity contribution is -0.264. The van der Waals surface area contributed by atoms with Gasteiger partial charge in [0.2, 0.25) is 0 Å². The fourth-order valence-corrected chi connectivity index (χ4v) is 12.9. The molecule has 8 atom stereocenters. The first kappa shape index (κ1) is 58.8. The Bertz CT molecular complexity index is 1520. The van der Waals surface area contributed by atoms with E-state index in [1.807, 2.05) is 48.5 Å². The van der Waals surface area contributed by atoms with Crippen LogP contribution in [0.4, 0.5) is 0 Å². The smallest absolute Gasteiger partial charge is 0.312 e. The minimum Gasteiger partial charge on any atom is -0.458 e. The lowest BCUT2D eigenvalue weighted by atomic mass is 9.49. The van der Waals surface area contributed by atoms with Crippen LogP contribution in [0.3, 0.4) is 0 Å². The molecule has 11 aliphatic rings. The Morgan fingerprint density at radius 1 is 0.698 bits per heavy atom. The molecule has 11 rings (SSSR count). The molecule has 370 valence electrons. The Balaban J connectivity index is 0.000000452. The van der Waals surface area contributed by atoms with Crippen molar-refractivity contribution < 1.29 is 53.1 Å². The zero-order valence-electron chi connectivity index (χ0n) is 36.2. The first-order chi connectivity index (χ1) is 26.6. The van der Waals surface area contributed by atoms with Gasteiger partial charge in [-0.3, -0.25) is 19.2 Å². The van der Waals surface area contributed by atoms with E-state index in [0.29, 0.717) is 37.5 Å². The van der Waals surface area contributed by atoms with E-state index >= 15 is 0 Å². The molecule has 0 aromatic rings. The molecule has 3 heterocycles. The highest BCUT2D eigenvalue weighted by molar-refractivity contribution is 5.78. The topological polar surface area (TPSA) is 155 Å². The van der Waals surface area contributed by atoms with Crippen molar-refractivity contribution >= 4 is 23.9 Å². The molecule has 63 heavy (non-hydrogen) atoms. The first-order valence-electron chi connectivity index (χ1n) is 22.6. The second-order valence-corrected chi connectivity index (χ2v) is 21.6. The number of aliphatic hydroxyl groups is 2. The Morgan fingerprint density at radius 2 is 1.19 bits per heavy atom. The molecule has 10 bridgehead atoms. The standard InChI is InChI=1S/C18H30O2.C16H26O4.C12H16O5.6CH4/c1-5-17(3,4)16(19)20-18(6-2)14-8-12-7-13(10-14)11-15(18)9-12;1-4-13(2,3)12(17)20-16-7-11-5-14(18,9-16)8-15(19,6-11)10-16;1-3-5(2)11(13)16-9-7-4-6-8(15-7)10(9)17-12(6)14;;;;;;/h12-15H,5-11H2,1-4H3;11,18-19H,4-10H2,1-3H3;5-10H,3-4H2,1-2H3;6*1H4. The maximum absolute atomic E-state index is 12.6. The van der Waals surface area contributed by atoms with E-state index in [-0.39, 0.29) is 116 Å². The fourth-order valence-electron chi connectivity index (χ4n) is 12.9. The average molecular weight is 897 g/mol. The molecule has 11 nitrogen and oxygen atoms in total. The second kappa shape index (κ2) is 20.7. The van der Waals surface area contributed by atoms with Crippen molar-refractivity contribution in [2.45, 2.75) is 256 Å². The zero-order chi connectivity index (χ0) is 41.5. The summed E-state index contributed by atoms with van der Waals surface area (Å²) in [6.07, 6.45) is 13.2. The summed E-state index contributed by atoms with van der Waals surface area (Å²) in [4.78, 5) is 48.2. The van der Waals surface area contributed by atoms with Crippen LogP contribution >= 0.6 is 0 Å². The summed E-state index contributed by atoms with van der Waals surface area (Å²) >= 11 is 0. The van der Waals surface area contributed by atoms with Crippen molar-refractivity contribution in [2.24, 2.45) is 52.3 Å². The van der Waals surface area contributed by atoms with Gasteiger partial charge in [0.15, 0.2) is 12.2 Å². The first-order valence-corrected chi connectivity index (χ1v) is 22.6. The Hall–Kier alpha value is -2.24. The molecule has 3 saturated heterocycles. The van der Waals surface area contributed by atoms with Crippen molar-refractivity contribution in [1.82, 2.24) is 0 Å². The molecular formula is C52H96O11. The van der Waals surface area contributed by atoms with E-state index < -0.39 is 28.3 Å². The molecule has 8 unspecified atom stereocenters. The molecular weight excluding hydrogens is 801 g/mol. The zero-order valence-corrected chi connectivity index (χ0v) is 36.2. The van der Waals surface area contributed by atoms with Gasteiger partial charge in [-0.25, -0.2) is 0 Å². The molecule has 8 saturated carbocycles. The SMILES string of the molecule is C.C.C.C.C.C.CCC(C)(C)C(=O)OC1(CC)C2CC3CC(C2)CC1C3.CCC(C)(C)C(=O)OC12CC3CC(O)(CC(O)(C3)C1)C2.CCC(C)C(=O)OC1C2CC3C(=O)OC1C3O2. The monoisotopic (exact) mass is 897 g/mol. The Kier molecular flexibility index (Phi) is 19.3. The van der Waals surface area contributed by atoms with Gasteiger partial charge in [-0.15, -0.1) is 0 Å². The predicted octanol–water partition coefficient (Wildman–Crippen LogP) is 11.2. The lowest BCUT2D eigenvalue weighted by Crippen LogP contribution is -2.67. The van der Waals surface area contributed by atoms with Crippen molar-refractivity contribution in [3.05, 3.63) is 0 Å². The molecule has 8 aliphatic carbocycles. The number of rotatable bonds is 10. The third-order valence-electron chi connectivity index (χ3n) is 16.5. The summed E-state index contributed by atoms with van der Waals surface area (Å²) in [7, 11) is 0. The third kappa shape index (κ3) is 10.8. The van der Waals surface area contributed by atoms with Crippen LogP contribution in [0.5, 0.6) is 0 Å². The van der Waals surface area contributed by atoms with E-state index in [4.69, 9.17) is 23.7 Å².